The number of rotatable bonds is 3. The van der Waals surface area contributed by atoms with Crippen LogP contribution in [0, 0.1) is 10.1 Å². The topological polar surface area (TPSA) is 105 Å². The molecule has 0 radical (unpaired) electrons. The Morgan fingerprint density at radius 1 is 1.55 bits per heavy atom. The van der Waals surface area contributed by atoms with Gasteiger partial charge in [-0.15, -0.1) is 12.4 Å². The Morgan fingerprint density at radius 2 is 2.25 bits per heavy atom. The van der Waals surface area contributed by atoms with Crippen molar-refractivity contribution in [2.75, 3.05) is 6.54 Å². The molecule has 112 valence electrons. The van der Waals surface area contributed by atoms with Crippen molar-refractivity contribution in [3.8, 4) is 0 Å². The van der Waals surface area contributed by atoms with E-state index in [1.165, 1.54) is 12.1 Å². The maximum Gasteiger partial charge on any atom is 0.321 e. The summed E-state index contributed by atoms with van der Waals surface area (Å²) >= 11 is 0. The second-order valence-electron chi connectivity index (χ2n) is 4.94. The zero-order valence-electron chi connectivity index (χ0n) is 11.2. The number of aromatic nitrogens is 1. The van der Waals surface area contributed by atoms with Crippen molar-refractivity contribution >= 4 is 24.1 Å². The molecule has 1 fully saturated rings. The summed E-state index contributed by atoms with van der Waals surface area (Å²) in [4.78, 5) is 26.7. The number of nitrogens with one attached hydrogen (secondary N) is 1. The number of nitrogens with two attached hydrogens (primary N) is 1. The van der Waals surface area contributed by atoms with Crippen LogP contribution in [0.3, 0.4) is 0 Å². The minimum absolute atomic E-state index is 0. The molecule has 1 aromatic heterocycles. The van der Waals surface area contributed by atoms with E-state index in [4.69, 9.17) is 5.73 Å². The highest BCUT2D eigenvalue weighted by Gasteiger charge is 2.31. The van der Waals surface area contributed by atoms with E-state index in [0.717, 1.165) is 19.3 Å². The van der Waals surface area contributed by atoms with Gasteiger partial charge in [0.2, 0.25) is 0 Å². The van der Waals surface area contributed by atoms with E-state index in [2.05, 4.69) is 4.98 Å². The van der Waals surface area contributed by atoms with Gasteiger partial charge in [0, 0.05) is 24.7 Å². The van der Waals surface area contributed by atoms with Gasteiger partial charge in [0.15, 0.2) is 5.69 Å². The number of hydrogen-bond donors (Lipinski definition) is 2. The number of nitro groups is 1. The highest BCUT2D eigenvalue weighted by Crippen LogP contribution is 2.22. The zero-order chi connectivity index (χ0) is 14.0. The summed E-state index contributed by atoms with van der Waals surface area (Å²) in [6.45, 7) is 2.53. The average Bonchev–Trinajstić information content (AvgIpc) is 2.87. The maximum atomic E-state index is 12.4. The van der Waals surface area contributed by atoms with Gasteiger partial charge in [-0.1, -0.05) is 0 Å². The zero-order valence-corrected chi connectivity index (χ0v) is 12.1. The molecule has 0 aliphatic carbocycles. The first kappa shape index (κ1) is 16.5. The van der Waals surface area contributed by atoms with Crippen LogP contribution in [0.4, 0.5) is 5.82 Å². The number of nitrogens with zero attached hydrogens (tertiary/aromatic N) is 2. The first-order chi connectivity index (χ1) is 9.00. The van der Waals surface area contributed by atoms with Crippen LogP contribution in [0.5, 0.6) is 0 Å². The maximum absolute atomic E-state index is 12.4. The van der Waals surface area contributed by atoms with Gasteiger partial charge < -0.3 is 20.7 Å². The van der Waals surface area contributed by atoms with Crippen molar-refractivity contribution < 1.29 is 9.72 Å². The summed E-state index contributed by atoms with van der Waals surface area (Å²) in [5.74, 6) is -0.382. The van der Waals surface area contributed by atoms with Crippen LogP contribution in [0.25, 0.3) is 0 Å². The molecule has 1 saturated heterocycles. The highest BCUT2D eigenvalue weighted by molar-refractivity contribution is 5.93. The third-order valence-electron chi connectivity index (χ3n) is 3.51. The van der Waals surface area contributed by atoms with Gasteiger partial charge in [-0.2, -0.15) is 0 Å². The number of amides is 1. The summed E-state index contributed by atoms with van der Waals surface area (Å²) in [7, 11) is 0. The van der Waals surface area contributed by atoms with Crippen LogP contribution in [-0.4, -0.2) is 39.3 Å². The lowest BCUT2D eigenvalue weighted by atomic mass is 9.96. The molecule has 0 spiro atoms. The molecule has 1 aliphatic rings. The Balaban J connectivity index is 0.00000200. The van der Waals surface area contributed by atoms with E-state index in [9.17, 15) is 14.9 Å². The molecule has 0 bridgehead atoms. The van der Waals surface area contributed by atoms with E-state index in [1.807, 2.05) is 6.92 Å². The van der Waals surface area contributed by atoms with Gasteiger partial charge in [-0.3, -0.25) is 4.79 Å². The Labute approximate surface area is 123 Å². The molecule has 0 aromatic carbocycles. The first-order valence-electron chi connectivity index (χ1n) is 6.40. The largest absolute Gasteiger partial charge is 0.358 e. The van der Waals surface area contributed by atoms with Crippen molar-refractivity contribution in [1.82, 2.24) is 9.88 Å². The van der Waals surface area contributed by atoms with Crippen LogP contribution in [0.2, 0.25) is 0 Å². The molecular weight excluding hydrogens is 284 g/mol. The Bertz CT molecular complexity index is 489. The standard InChI is InChI=1S/C12H18N4O3.ClH/c1-8(13)10-4-2-3-7-15(10)12(17)9-5-6-11(14-9)16(18)19;/h5-6,8,10,14H,2-4,7,13H2,1H3;1H. The van der Waals surface area contributed by atoms with Crippen molar-refractivity contribution in [3.63, 3.8) is 0 Å². The monoisotopic (exact) mass is 302 g/mol. The van der Waals surface area contributed by atoms with Crippen molar-refractivity contribution in [1.29, 1.82) is 0 Å². The quantitative estimate of drug-likeness (QED) is 0.654. The minimum Gasteiger partial charge on any atom is -0.358 e. The fourth-order valence-corrected chi connectivity index (χ4v) is 2.53. The summed E-state index contributed by atoms with van der Waals surface area (Å²) < 4.78 is 0. The predicted molar refractivity (Wildman–Crippen MR) is 77.0 cm³/mol. The Morgan fingerprint density at radius 3 is 2.80 bits per heavy atom. The summed E-state index contributed by atoms with van der Waals surface area (Å²) in [5, 5.41) is 10.6. The Kier molecular flexibility index (Phi) is 5.52. The fourth-order valence-electron chi connectivity index (χ4n) is 2.53. The lowest BCUT2D eigenvalue weighted by Gasteiger charge is -2.37. The summed E-state index contributed by atoms with van der Waals surface area (Å²) in [6, 6.07) is 2.66. The molecule has 8 heteroatoms. The van der Waals surface area contributed by atoms with Crippen molar-refractivity contribution in [2.24, 2.45) is 5.73 Å². The molecule has 2 rings (SSSR count). The van der Waals surface area contributed by atoms with E-state index >= 15 is 0 Å². The summed E-state index contributed by atoms with van der Waals surface area (Å²) in [5.41, 5.74) is 6.16. The molecule has 3 N–H and O–H groups in total. The van der Waals surface area contributed by atoms with Crippen LogP contribution in [0.1, 0.15) is 36.7 Å². The molecule has 2 atom stereocenters. The number of carbonyl (C=O) groups is 1. The second kappa shape index (κ2) is 6.71. The van der Waals surface area contributed by atoms with E-state index in [1.54, 1.807) is 4.90 Å². The SMILES string of the molecule is CC(N)C1CCCCN1C(=O)c1ccc([N+](=O)[O-])[nH]1.Cl. The van der Waals surface area contributed by atoms with Crippen molar-refractivity contribution in [2.45, 2.75) is 38.3 Å². The highest BCUT2D eigenvalue weighted by atomic mass is 35.5. The summed E-state index contributed by atoms with van der Waals surface area (Å²) in [6.07, 6.45) is 2.88. The number of likely N-dealkylation sites (tertiary alicyclic amines) is 1. The van der Waals surface area contributed by atoms with E-state index in [-0.39, 0.29) is 41.9 Å². The smallest absolute Gasteiger partial charge is 0.321 e. The number of piperidine rings is 1. The Hall–Kier alpha value is -1.60. The van der Waals surface area contributed by atoms with Gasteiger partial charge in [0.1, 0.15) is 0 Å². The molecule has 7 nitrogen and oxygen atoms in total. The molecule has 1 aliphatic heterocycles. The van der Waals surface area contributed by atoms with Crippen LogP contribution >= 0.6 is 12.4 Å². The number of aromatic amines is 1. The van der Waals surface area contributed by atoms with E-state index in [0.29, 0.717) is 6.54 Å². The number of H-pyrrole nitrogens is 1. The first-order valence-corrected chi connectivity index (χ1v) is 6.40. The second-order valence-corrected chi connectivity index (χ2v) is 4.94. The van der Waals surface area contributed by atoms with Gasteiger partial charge >= 0.3 is 5.82 Å². The number of hydrogen-bond acceptors (Lipinski definition) is 4. The average molecular weight is 303 g/mol. The lowest BCUT2D eigenvalue weighted by Crippen LogP contribution is -2.51. The third kappa shape index (κ3) is 3.29. The number of carbonyl (C=O) groups excluding carboxylic acids is 1. The fraction of sp³-hybridized carbons (Fsp3) is 0.583. The van der Waals surface area contributed by atoms with Gasteiger partial charge in [-0.05, 0) is 37.2 Å². The van der Waals surface area contributed by atoms with Crippen LogP contribution in [0.15, 0.2) is 12.1 Å². The molecular formula is C12H19ClN4O3. The van der Waals surface area contributed by atoms with Gasteiger partial charge in [0.05, 0.1) is 0 Å². The lowest BCUT2D eigenvalue weighted by molar-refractivity contribution is -0.389. The normalized spacial score (nSPS) is 20.1. The minimum atomic E-state index is -0.546. The molecule has 2 unspecified atom stereocenters. The molecule has 1 amide bonds. The van der Waals surface area contributed by atoms with Gasteiger partial charge in [-0.25, -0.2) is 4.98 Å². The van der Waals surface area contributed by atoms with Crippen LogP contribution in [-0.2, 0) is 0 Å². The van der Waals surface area contributed by atoms with Gasteiger partial charge in [0.25, 0.3) is 5.91 Å². The molecule has 0 saturated carbocycles. The molecule has 1 aromatic rings. The van der Waals surface area contributed by atoms with E-state index < -0.39 is 4.92 Å². The molecule has 2 heterocycles. The predicted octanol–water partition coefficient (Wildman–Crippen LogP) is 1.69. The van der Waals surface area contributed by atoms with Crippen LogP contribution < -0.4 is 5.73 Å². The third-order valence-corrected chi connectivity index (χ3v) is 3.51. The number of halogens is 1. The van der Waals surface area contributed by atoms with Crippen molar-refractivity contribution in [3.05, 3.63) is 27.9 Å². The molecule has 20 heavy (non-hydrogen) atoms.